The Bertz CT molecular complexity index is 807. The number of hydrogen-bond donors (Lipinski definition) is 1. The van der Waals surface area contributed by atoms with Crippen LogP contribution in [0, 0.1) is 0 Å². The van der Waals surface area contributed by atoms with Gasteiger partial charge in [-0.3, -0.25) is 0 Å². The molecule has 0 aromatic heterocycles. The minimum atomic E-state index is -0.560. The third kappa shape index (κ3) is 4.12. The van der Waals surface area contributed by atoms with Crippen molar-refractivity contribution in [3.63, 3.8) is 0 Å². The van der Waals surface area contributed by atoms with Crippen LogP contribution in [0.4, 0.5) is 0 Å². The van der Waals surface area contributed by atoms with E-state index in [1.165, 1.54) is 0 Å². The number of hydrogen-bond acceptors (Lipinski definition) is 3. The van der Waals surface area contributed by atoms with Gasteiger partial charge in [0.05, 0.1) is 0 Å². The summed E-state index contributed by atoms with van der Waals surface area (Å²) < 4.78 is 0. The van der Waals surface area contributed by atoms with Crippen LogP contribution in [-0.4, -0.2) is 11.8 Å². The lowest BCUT2D eigenvalue weighted by molar-refractivity contribution is -0.144. The molecule has 3 aromatic rings. The molecule has 0 radical (unpaired) electrons. The summed E-state index contributed by atoms with van der Waals surface area (Å²) in [7, 11) is 0. The maximum absolute atomic E-state index is 12.7. The fourth-order valence-corrected chi connectivity index (χ4v) is 2.56. The van der Waals surface area contributed by atoms with Crippen molar-refractivity contribution in [2.75, 3.05) is 0 Å². The number of nitrogens with two attached hydrogens (primary N) is 1. The van der Waals surface area contributed by atoms with Gasteiger partial charge in [0, 0.05) is 5.56 Å². The molecule has 2 N–H and O–H groups in total. The summed E-state index contributed by atoms with van der Waals surface area (Å²) in [6.07, 6.45) is 0. The number of oxime groups is 1. The Balaban J connectivity index is 1.85. The Morgan fingerprint density at radius 3 is 1.68 bits per heavy atom. The SMILES string of the molecule is NC(=NOC(=O)C(c1ccccc1)c1ccccc1)c1ccccc1. The van der Waals surface area contributed by atoms with E-state index in [2.05, 4.69) is 5.16 Å². The van der Waals surface area contributed by atoms with Gasteiger partial charge in [-0.25, -0.2) is 4.79 Å². The standard InChI is InChI=1S/C21H18N2O2/c22-20(18-14-8-3-9-15-18)23-25-21(24)19(16-10-4-1-5-11-16)17-12-6-2-7-13-17/h1-15,19H,(H2,22,23). The van der Waals surface area contributed by atoms with Crippen LogP contribution in [-0.2, 0) is 9.63 Å². The van der Waals surface area contributed by atoms with Gasteiger partial charge in [0.15, 0.2) is 5.84 Å². The summed E-state index contributed by atoms with van der Waals surface area (Å²) in [4.78, 5) is 17.8. The number of carbonyl (C=O) groups excluding carboxylic acids is 1. The third-order valence-electron chi connectivity index (χ3n) is 3.81. The molecule has 0 spiro atoms. The molecular formula is C21H18N2O2. The second-order valence-electron chi connectivity index (χ2n) is 5.51. The third-order valence-corrected chi connectivity index (χ3v) is 3.81. The van der Waals surface area contributed by atoms with Crippen molar-refractivity contribution in [1.29, 1.82) is 0 Å². The van der Waals surface area contributed by atoms with Crippen molar-refractivity contribution in [2.24, 2.45) is 10.9 Å². The number of amidine groups is 1. The van der Waals surface area contributed by atoms with Crippen LogP contribution in [0.3, 0.4) is 0 Å². The summed E-state index contributed by atoms with van der Waals surface area (Å²) in [5.41, 5.74) is 8.27. The average Bonchev–Trinajstić information content (AvgIpc) is 2.69. The maximum atomic E-state index is 12.7. The largest absolute Gasteiger partial charge is 0.380 e. The molecular weight excluding hydrogens is 312 g/mol. The number of benzene rings is 3. The van der Waals surface area contributed by atoms with E-state index in [0.29, 0.717) is 5.56 Å². The summed E-state index contributed by atoms with van der Waals surface area (Å²) in [5, 5.41) is 3.81. The molecule has 0 fully saturated rings. The highest BCUT2D eigenvalue weighted by Crippen LogP contribution is 2.26. The summed E-state index contributed by atoms with van der Waals surface area (Å²) in [5.74, 6) is -0.875. The van der Waals surface area contributed by atoms with Crippen LogP contribution in [0.25, 0.3) is 0 Å². The lowest BCUT2D eigenvalue weighted by Gasteiger charge is -2.15. The van der Waals surface area contributed by atoms with E-state index in [0.717, 1.165) is 11.1 Å². The zero-order valence-corrected chi connectivity index (χ0v) is 13.6. The smallest absolute Gasteiger partial charge is 0.346 e. The van der Waals surface area contributed by atoms with Crippen molar-refractivity contribution >= 4 is 11.8 Å². The molecule has 0 saturated carbocycles. The highest BCUT2D eigenvalue weighted by molar-refractivity contribution is 5.97. The molecule has 4 heteroatoms. The van der Waals surface area contributed by atoms with Gasteiger partial charge in [-0.1, -0.05) is 96.2 Å². The summed E-state index contributed by atoms with van der Waals surface area (Å²) in [6.45, 7) is 0. The first-order valence-corrected chi connectivity index (χ1v) is 7.95. The Morgan fingerprint density at radius 1 is 0.760 bits per heavy atom. The Morgan fingerprint density at radius 2 is 1.20 bits per heavy atom. The predicted octanol–water partition coefficient (Wildman–Crippen LogP) is 3.68. The van der Waals surface area contributed by atoms with Gasteiger partial charge in [0.25, 0.3) is 0 Å². The summed E-state index contributed by atoms with van der Waals surface area (Å²) >= 11 is 0. The Hall–Kier alpha value is -3.40. The number of carbonyl (C=O) groups is 1. The van der Waals surface area contributed by atoms with Crippen molar-refractivity contribution in [3.8, 4) is 0 Å². The molecule has 3 aromatic carbocycles. The summed E-state index contributed by atoms with van der Waals surface area (Å²) in [6, 6.07) is 28.1. The van der Waals surface area contributed by atoms with Crippen LogP contribution in [0.2, 0.25) is 0 Å². The molecule has 3 rings (SSSR count). The van der Waals surface area contributed by atoms with E-state index >= 15 is 0 Å². The molecule has 0 amide bonds. The molecule has 0 aliphatic carbocycles. The topological polar surface area (TPSA) is 64.7 Å². The number of rotatable bonds is 5. The lowest BCUT2D eigenvalue weighted by atomic mass is 9.91. The van der Waals surface area contributed by atoms with E-state index in [1.54, 1.807) is 12.1 Å². The van der Waals surface area contributed by atoms with E-state index in [9.17, 15) is 4.79 Å². The van der Waals surface area contributed by atoms with E-state index in [4.69, 9.17) is 10.6 Å². The van der Waals surface area contributed by atoms with E-state index < -0.39 is 11.9 Å². The Kier molecular flexibility index (Phi) is 5.22. The molecule has 4 nitrogen and oxygen atoms in total. The molecule has 0 saturated heterocycles. The van der Waals surface area contributed by atoms with Gasteiger partial charge in [-0.15, -0.1) is 0 Å². The van der Waals surface area contributed by atoms with Gasteiger partial charge in [0.2, 0.25) is 0 Å². The molecule has 0 bridgehead atoms. The fourth-order valence-electron chi connectivity index (χ4n) is 2.56. The van der Waals surface area contributed by atoms with Crippen molar-refractivity contribution < 1.29 is 9.63 Å². The van der Waals surface area contributed by atoms with Gasteiger partial charge in [-0.05, 0) is 11.1 Å². The zero-order valence-electron chi connectivity index (χ0n) is 13.6. The van der Waals surface area contributed by atoms with E-state index in [-0.39, 0.29) is 5.84 Å². The monoisotopic (exact) mass is 330 g/mol. The second kappa shape index (κ2) is 7.93. The first kappa shape index (κ1) is 16.5. The van der Waals surface area contributed by atoms with Gasteiger partial charge >= 0.3 is 5.97 Å². The van der Waals surface area contributed by atoms with Crippen molar-refractivity contribution in [2.45, 2.75) is 5.92 Å². The highest BCUT2D eigenvalue weighted by Gasteiger charge is 2.24. The van der Waals surface area contributed by atoms with Crippen LogP contribution in [0.5, 0.6) is 0 Å². The first-order chi connectivity index (χ1) is 12.3. The predicted molar refractivity (Wildman–Crippen MR) is 98.0 cm³/mol. The molecule has 0 aliphatic heterocycles. The van der Waals surface area contributed by atoms with Crippen LogP contribution < -0.4 is 5.73 Å². The Labute approximate surface area is 146 Å². The van der Waals surface area contributed by atoms with Gasteiger partial charge in [0.1, 0.15) is 5.92 Å². The quantitative estimate of drug-likeness (QED) is 0.336. The van der Waals surface area contributed by atoms with Crippen LogP contribution in [0.15, 0.2) is 96.2 Å². The molecule has 124 valence electrons. The minimum absolute atomic E-state index is 0.161. The number of nitrogens with zero attached hydrogens (tertiary/aromatic N) is 1. The molecule has 25 heavy (non-hydrogen) atoms. The van der Waals surface area contributed by atoms with Crippen LogP contribution >= 0.6 is 0 Å². The normalized spacial score (nSPS) is 11.3. The van der Waals surface area contributed by atoms with Gasteiger partial charge in [-0.2, -0.15) is 0 Å². The van der Waals surface area contributed by atoms with E-state index in [1.807, 2.05) is 78.9 Å². The second-order valence-corrected chi connectivity index (χ2v) is 5.51. The molecule has 0 heterocycles. The fraction of sp³-hybridized carbons (Fsp3) is 0.0476. The molecule has 0 aliphatic rings. The highest BCUT2D eigenvalue weighted by atomic mass is 16.7. The van der Waals surface area contributed by atoms with Crippen molar-refractivity contribution in [1.82, 2.24) is 0 Å². The van der Waals surface area contributed by atoms with Gasteiger partial charge < -0.3 is 10.6 Å². The van der Waals surface area contributed by atoms with Crippen LogP contribution in [0.1, 0.15) is 22.6 Å². The minimum Gasteiger partial charge on any atom is -0.380 e. The first-order valence-electron chi connectivity index (χ1n) is 7.95. The zero-order chi connectivity index (χ0) is 17.5. The lowest BCUT2D eigenvalue weighted by Crippen LogP contribution is -2.19. The molecule has 0 atom stereocenters. The molecule has 0 unspecified atom stereocenters. The maximum Gasteiger partial charge on any atom is 0.346 e. The average molecular weight is 330 g/mol. The van der Waals surface area contributed by atoms with Crippen molar-refractivity contribution in [3.05, 3.63) is 108 Å².